The molecule has 0 radical (unpaired) electrons. The van der Waals surface area contributed by atoms with E-state index in [1.54, 1.807) is 6.92 Å². The largest absolute Gasteiger partial charge is 0.369 e. The zero-order chi connectivity index (χ0) is 18.7. The molecule has 0 bridgehead atoms. The van der Waals surface area contributed by atoms with E-state index in [0.29, 0.717) is 15.7 Å². The van der Waals surface area contributed by atoms with Crippen LogP contribution in [0.2, 0.25) is 0 Å². The third kappa shape index (κ3) is 4.11. The molecule has 1 amide bonds. The molecule has 0 aliphatic carbocycles. The molecule has 1 saturated heterocycles. The van der Waals surface area contributed by atoms with Gasteiger partial charge >= 0.3 is 0 Å². The summed E-state index contributed by atoms with van der Waals surface area (Å²) in [6, 6.07) is 10.1. The normalized spacial score (nSPS) is 16.3. The third-order valence-electron chi connectivity index (χ3n) is 4.71. The van der Waals surface area contributed by atoms with Crippen molar-refractivity contribution in [3.05, 3.63) is 40.9 Å². The van der Waals surface area contributed by atoms with Gasteiger partial charge in [0.2, 0.25) is 5.91 Å². The number of anilines is 2. The van der Waals surface area contributed by atoms with Gasteiger partial charge in [-0.05, 0) is 26.0 Å². The van der Waals surface area contributed by atoms with Crippen LogP contribution in [-0.2, 0) is 4.79 Å². The van der Waals surface area contributed by atoms with Crippen LogP contribution in [0.3, 0.4) is 0 Å². The first kappa shape index (κ1) is 18.5. The lowest BCUT2D eigenvalue weighted by molar-refractivity contribution is -0.120. The molecule has 7 heteroatoms. The molecule has 3 rings (SSSR count). The quantitative estimate of drug-likeness (QED) is 0.818. The Hall–Kier alpha value is -2.25. The Kier molecular flexibility index (Phi) is 5.68. The zero-order valence-electron chi connectivity index (χ0n) is 15.4. The molecule has 1 fully saturated rings. The minimum Gasteiger partial charge on any atom is -0.369 e. The van der Waals surface area contributed by atoms with Crippen LogP contribution in [0.5, 0.6) is 0 Å². The average Bonchev–Trinajstić information content (AvgIpc) is 3.02. The Morgan fingerprint density at radius 1 is 1.15 bits per heavy atom. The van der Waals surface area contributed by atoms with E-state index in [9.17, 15) is 9.59 Å². The molecule has 1 unspecified atom stereocenters. The van der Waals surface area contributed by atoms with Crippen LogP contribution < -0.4 is 10.2 Å². The number of hydrogen-bond acceptors (Lipinski definition) is 6. The predicted octanol–water partition coefficient (Wildman–Crippen LogP) is 2.80. The molecule has 6 nitrogen and oxygen atoms in total. The van der Waals surface area contributed by atoms with Crippen LogP contribution in [0.15, 0.2) is 30.3 Å². The van der Waals surface area contributed by atoms with Crippen molar-refractivity contribution < 1.29 is 9.59 Å². The van der Waals surface area contributed by atoms with Gasteiger partial charge in [0.15, 0.2) is 10.9 Å². The van der Waals surface area contributed by atoms with E-state index in [-0.39, 0.29) is 17.7 Å². The number of piperazine rings is 1. The number of amides is 1. The van der Waals surface area contributed by atoms with Crippen LogP contribution in [0, 0.1) is 6.92 Å². The van der Waals surface area contributed by atoms with E-state index in [2.05, 4.69) is 32.2 Å². The maximum Gasteiger partial charge on any atom is 0.243 e. The van der Waals surface area contributed by atoms with E-state index in [1.165, 1.54) is 23.9 Å². The van der Waals surface area contributed by atoms with Gasteiger partial charge in [-0.15, -0.1) is 0 Å². The molecule has 26 heavy (non-hydrogen) atoms. The maximum atomic E-state index is 12.6. The van der Waals surface area contributed by atoms with Crippen LogP contribution in [0.1, 0.15) is 29.2 Å². The molecule has 2 aromatic rings. The van der Waals surface area contributed by atoms with Gasteiger partial charge in [-0.25, -0.2) is 4.98 Å². The summed E-state index contributed by atoms with van der Waals surface area (Å²) in [6.07, 6.45) is 0. The Bertz CT molecular complexity index is 782. The summed E-state index contributed by atoms with van der Waals surface area (Å²) in [5, 5.41) is 3.35. The Morgan fingerprint density at radius 3 is 2.38 bits per heavy atom. The first-order valence-corrected chi connectivity index (χ1v) is 9.60. The molecule has 138 valence electrons. The lowest BCUT2D eigenvalue weighted by Gasteiger charge is -2.38. The second kappa shape index (κ2) is 7.97. The number of aryl methyl sites for hydroxylation is 1. The van der Waals surface area contributed by atoms with Crippen LogP contribution >= 0.6 is 11.3 Å². The summed E-state index contributed by atoms with van der Waals surface area (Å²) in [7, 11) is 0. The van der Waals surface area contributed by atoms with Crippen molar-refractivity contribution in [2.75, 3.05) is 36.4 Å². The van der Waals surface area contributed by atoms with Crippen molar-refractivity contribution in [2.24, 2.45) is 0 Å². The van der Waals surface area contributed by atoms with Gasteiger partial charge in [-0.1, -0.05) is 29.5 Å². The summed E-state index contributed by atoms with van der Waals surface area (Å²) in [4.78, 5) is 33.5. The topological polar surface area (TPSA) is 65.5 Å². The summed E-state index contributed by atoms with van der Waals surface area (Å²) >= 11 is 1.24. The highest BCUT2D eigenvalue weighted by Gasteiger charge is 2.26. The summed E-state index contributed by atoms with van der Waals surface area (Å²) in [6.45, 7) is 8.67. The van der Waals surface area contributed by atoms with Crippen LogP contribution in [-0.4, -0.2) is 53.8 Å². The van der Waals surface area contributed by atoms with Crippen molar-refractivity contribution in [3.8, 4) is 0 Å². The predicted molar refractivity (Wildman–Crippen MR) is 105 cm³/mol. The van der Waals surface area contributed by atoms with Gasteiger partial charge in [-0.3, -0.25) is 14.5 Å². The smallest absolute Gasteiger partial charge is 0.243 e. The molecule has 0 spiro atoms. The monoisotopic (exact) mass is 372 g/mol. The fourth-order valence-corrected chi connectivity index (χ4v) is 4.02. The van der Waals surface area contributed by atoms with Gasteiger partial charge in [0, 0.05) is 38.8 Å². The van der Waals surface area contributed by atoms with E-state index in [0.717, 1.165) is 26.2 Å². The molecule has 0 saturated carbocycles. The van der Waals surface area contributed by atoms with Crippen molar-refractivity contribution >= 4 is 33.8 Å². The second-order valence-electron chi connectivity index (χ2n) is 6.51. The van der Waals surface area contributed by atoms with Crippen molar-refractivity contribution in [1.29, 1.82) is 0 Å². The fraction of sp³-hybridized carbons (Fsp3) is 0.421. The van der Waals surface area contributed by atoms with E-state index in [4.69, 9.17) is 0 Å². The molecular formula is C19H24N4O2S. The number of aromatic nitrogens is 1. The number of benzene rings is 1. The average molecular weight is 372 g/mol. The standard InChI is InChI=1S/C19H24N4O2S/c1-13-17(15(3)24)26-19(20-13)21-18(25)14(2)22-9-11-23(12-10-22)16-7-5-4-6-8-16/h4-8,14H,9-12H2,1-3H3,(H,20,21,25). The SMILES string of the molecule is CC(=O)c1sc(NC(=O)C(C)N2CCN(c3ccccc3)CC2)nc1C. The highest BCUT2D eigenvalue weighted by molar-refractivity contribution is 7.17. The zero-order valence-corrected chi connectivity index (χ0v) is 16.2. The van der Waals surface area contributed by atoms with Gasteiger partial charge in [-0.2, -0.15) is 0 Å². The molecular weight excluding hydrogens is 348 g/mol. The number of para-hydroxylation sites is 1. The van der Waals surface area contributed by atoms with Gasteiger partial charge in [0.25, 0.3) is 0 Å². The molecule has 1 N–H and O–H groups in total. The van der Waals surface area contributed by atoms with Crippen molar-refractivity contribution in [2.45, 2.75) is 26.8 Å². The highest BCUT2D eigenvalue weighted by Crippen LogP contribution is 2.23. The van der Waals surface area contributed by atoms with Gasteiger partial charge in [0.05, 0.1) is 16.6 Å². The number of Topliss-reactive ketones (excluding diaryl/α,β-unsaturated/α-hetero) is 1. The van der Waals surface area contributed by atoms with Crippen molar-refractivity contribution in [3.63, 3.8) is 0 Å². The number of rotatable bonds is 5. The summed E-state index contributed by atoms with van der Waals surface area (Å²) in [5.74, 6) is -0.104. The maximum absolute atomic E-state index is 12.6. The first-order valence-electron chi connectivity index (χ1n) is 8.79. The minimum absolute atomic E-state index is 0.0226. The van der Waals surface area contributed by atoms with Crippen LogP contribution in [0.4, 0.5) is 10.8 Å². The second-order valence-corrected chi connectivity index (χ2v) is 7.51. The molecule has 1 aromatic heterocycles. The number of carbonyl (C=O) groups excluding carboxylic acids is 2. The van der Waals surface area contributed by atoms with E-state index < -0.39 is 0 Å². The molecule has 1 atom stereocenters. The molecule has 2 heterocycles. The first-order chi connectivity index (χ1) is 12.5. The Labute approximate surface area is 157 Å². The van der Waals surface area contributed by atoms with Gasteiger partial charge in [0.1, 0.15) is 0 Å². The van der Waals surface area contributed by atoms with Crippen molar-refractivity contribution in [1.82, 2.24) is 9.88 Å². The summed E-state index contributed by atoms with van der Waals surface area (Å²) < 4.78 is 0. The number of hydrogen-bond donors (Lipinski definition) is 1. The molecule has 1 aliphatic heterocycles. The number of thiazole rings is 1. The lowest BCUT2D eigenvalue weighted by Crippen LogP contribution is -2.52. The fourth-order valence-electron chi connectivity index (χ4n) is 3.16. The van der Waals surface area contributed by atoms with E-state index in [1.807, 2.05) is 25.1 Å². The number of nitrogens with one attached hydrogen (secondary N) is 1. The van der Waals surface area contributed by atoms with Crippen LogP contribution in [0.25, 0.3) is 0 Å². The van der Waals surface area contributed by atoms with E-state index >= 15 is 0 Å². The minimum atomic E-state index is -0.238. The summed E-state index contributed by atoms with van der Waals surface area (Å²) in [5.41, 5.74) is 1.89. The number of carbonyl (C=O) groups is 2. The highest BCUT2D eigenvalue weighted by atomic mass is 32.1. The Morgan fingerprint density at radius 2 is 1.81 bits per heavy atom. The molecule has 1 aromatic carbocycles. The molecule has 1 aliphatic rings. The lowest BCUT2D eigenvalue weighted by atomic mass is 10.2. The number of ketones is 1. The third-order valence-corrected chi connectivity index (χ3v) is 5.88. The number of nitrogens with zero attached hydrogens (tertiary/aromatic N) is 3. The van der Waals surface area contributed by atoms with Gasteiger partial charge < -0.3 is 10.2 Å². The Balaban J connectivity index is 1.56.